The highest BCUT2D eigenvalue weighted by molar-refractivity contribution is 7.89. The molecular formula is C18H22FN3O4S. The fourth-order valence-corrected chi connectivity index (χ4v) is 3.60. The number of H-pyrrole nitrogens is 1. The van der Waals surface area contributed by atoms with Crippen LogP contribution in [0.1, 0.15) is 29.7 Å². The van der Waals surface area contributed by atoms with Crippen LogP contribution >= 0.6 is 0 Å². The van der Waals surface area contributed by atoms with E-state index in [4.69, 9.17) is 0 Å². The first kappa shape index (κ1) is 20.8. The summed E-state index contributed by atoms with van der Waals surface area (Å²) in [6.45, 7) is 3.76. The molecule has 0 saturated carbocycles. The number of rotatable bonds is 8. The van der Waals surface area contributed by atoms with E-state index in [0.717, 1.165) is 23.4 Å². The Morgan fingerprint density at radius 1 is 1.19 bits per heavy atom. The van der Waals surface area contributed by atoms with Crippen LogP contribution in [0.4, 0.5) is 4.39 Å². The number of carbonyl (C=O) groups is 1. The first-order valence-electron chi connectivity index (χ1n) is 8.40. The molecule has 0 aliphatic rings. The van der Waals surface area contributed by atoms with Crippen molar-refractivity contribution in [3.63, 3.8) is 0 Å². The molecule has 1 aromatic carbocycles. The second-order valence-electron chi connectivity index (χ2n) is 6.18. The van der Waals surface area contributed by atoms with Crippen LogP contribution in [0.2, 0.25) is 0 Å². The fraction of sp³-hybridized carbons (Fsp3) is 0.333. The number of halogens is 1. The highest BCUT2D eigenvalue weighted by atomic mass is 32.2. The summed E-state index contributed by atoms with van der Waals surface area (Å²) < 4.78 is 39.3. The Labute approximate surface area is 157 Å². The molecule has 0 aliphatic carbocycles. The van der Waals surface area contributed by atoms with Crippen molar-refractivity contribution in [1.82, 2.24) is 15.0 Å². The molecule has 2 rings (SSSR count). The Morgan fingerprint density at radius 2 is 1.85 bits per heavy atom. The van der Waals surface area contributed by atoms with Gasteiger partial charge in [0.2, 0.25) is 15.9 Å². The first-order chi connectivity index (χ1) is 12.7. The molecule has 0 bridgehead atoms. The summed E-state index contributed by atoms with van der Waals surface area (Å²) in [5.74, 6) is -0.802. The number of sulfonamides is 1. The molecule has 1 aromatic heterocycles. The van der Waals surface area contributed by atoms with Crippen LogP contribution < -0.4 is 15.6 Å². The van der Waals surface area contributed by atoms with Crippen LogP contribution in [0, 0.1) is 19.7 Å². The molecule has 2 aromatic rings. The van der Waals surface area contributed by atoms with E-state index >= 15 is 0 Å². The monoisotopic (exact) mass is 395 g/mol. The van der Waals surface area contributed by atoms with Crippen molar-refractivity contribution in [3.8, 4) is 0 Å². The van der Waals surface area contributed by atoms with E-state index < -0.39 is 15.8 Å². The largest absolute Gasteiger partial charge is 0.352 e. The minimum atomic E-state index is -3.74. The van der Waals surface area contributed by atoms with Crippen molar-refractivity contribution in [2.24, 2.45) is 0 Å². The molecule has 1 heterocycles. The maximum absolute atomic E-state index is 12.9. The third-order valence-corrected chi connectivity index (χ3v) is 5.43. The van der Waals surface area contributed by atoms with Gasteiger partial charge in [0, 0.05) is 30.8 Å². The smallest absolute Gasteiger partial charge is 0.253 e. The third kappa shape index (κ3) is 6.00. The third-order valence-electron chi connectivity index (χ3n) is 3.95. The minimum absolute atomic E-state index is 0.0394. The van der Waals surface area contributed by atoms with E-state index in [1.807, 2.05) is 6.07 Å². The van der Waals surface area contributed by atoms with Crippen molar-refractivity contribution < 1.29 is 17.6 Å². The Balaban J connectivity index is 1.78. The number of nitrogens with one attached hydrogen (secondary N) is 3. The normalized spacial score (nSPS) is 11.4. The average molecular weight is 395 g/mol. The SMILES string of the molecule is Cc1cc(C)c(CNC(=O)CCCNS(=O)(=O)c2ccc(F)cc2)c(=O)[nH]1. The van der Waals surface area contributed by atoms with Crippen LogP contribution in [0.3, 0.4) is 0 Å². The van der Waals surface area contributed by atoms with E-state index in [9.17, 15) is 22.4 Å². The predicted molar refractivity (Wildman–Crippen MR) is 99.2 cm³/mol. The maximum atomic E-state index is 12.9. The fourth-order valence-electron chi connectivity index (χ4n) is 2.53. The predicted octanol–water partition coefficient (Wildman–Crippen LogP) is 1.51. The number of aromatic amines is 1. The van der Waals surface area contributed by atoms with Crippen molar-refractivity contribution in [1.29, 1.82) is 0 Å². The zero-order chi connectivity index (χ0) is 20.0. The van der Waals surface area contributed by atoms with Gasteiger partial charge >= 0.3 is 0 Å². The summed E-state index contributed by atoms with van der Waals surface area (Å²) in [4.78, 5) is 26.4. The van der Waals surface area contributed by atoms with Gasteiger partial charge in [0.25, 0.3) is 5.56 Å². The Bertz CT molecular complexity index is 969. The lowest BCUT2D eigenvalue weighted by Gasteiger charge is -2.09. The van der Waals surface area contributed by atoms with Crippen LogP contribution in [0.5, 0.6) is 0 Å². The van der Waals surface area contributed by atoms with Gasteiger partial charge in [0.15, 0.2) is 0 Å². The summed E-state index contributed by atoms with van der Waals surface area (Å²) in [5.41, 5.74) is 1.80. The lowest BCUT2D eigenvalue weighted by Crippen LogP contribution is -2.29. The van der Waals surface area contributed by atoms with Gasteiger partial charge in [-0.3, -0.25) is 9.59 Å². The van der Waals surface area contributed by atoms with Gasteiger partial charge < -0.3 is 10.3 Å². The number of amides is 1. The van der Waals surface area contributed by atoms with Gasteiger partial charge in [-0.05, 0) is 56.2 Å². The first-order valence-corrected chi connectivity index (χ1v) is 9.88. The van der Waals surface area contributed by atoms with E-state index in [0.29, 0.717) is 5.56 Å². The van der Waals surface area contributed by atoms with E-state index in [-0.39, 0.29) is 42.3 Å². The number of carbonyl (C=O) groups excluding carboxylic acids is 1. The molecule has 1 amide bonds. The van der Waals surface area contributed by atoms with Gasteiger partial charge in [-0.2, -0.15) is 0 Å². The van der Waals surface area contributed by atoms with Crippen molar-refractivity contribution in [2.75, 3.05) is 6.54 Å². The summed E-state index contributed by atoms with van der Waals surface area (Å²) >= 11 is 0. The minimum Gasteiger partial charge on any atom is -0.352 e. The Kier molecular flexibility index (Phi) is 6.86. The average Bonchev–Trinajstić information content (AvgIpc) is 2.58. The maximum Gasteiger partial charge on any atom is 0.253 e. The molecule has 146 valence electrons. The molecule has 9 heteroatoms. The summed E-state index contributed by atoms with van der Waals surface area (Å²) in [5, 5.41) is 2.66. The van der Waals surface area contributed by atoms with Gasteiger partial charge in [-0.1, -0.05) is 0 Å². The highest BCUT2D eigenvalue weighted by Gasteiger charge is 2.13. The van der Waals surface area contributed by atoms with Crippen LogP contribution in [0.25, 0.3) is 0 Å². The molecule has 0 saturated heterocycles. The zero-order valence-electron chi connectivity index (χ0n) is 15.1. The molecule has 0 unspecified atom stereocenters. The van der Waals surface area contributed by atoms with E-state index in [2.05, 4.69) is 15.0 Å². The van der Waals surface area contributed by atoms with E-state index in [1.165, 1.54) is 12.1 Å². The molecule has 3 N–H and O–H groups in total. The summed E-state index contributed by atoms with van der Waals surface area (Å²) in [7, 11) is -3.74. The highest BCUT2D eigenvalue weighted by Crippen LogP contribution is 2.09. The summed E-state index contributed by atoms with van der Waals surface area (Å²) in [6.07, 6.45) is 0.393. The van der Waals surface area contributed by atoms with Gasteiger partial charge in [-0.25, -0.2) is 17.5 Å². The number of hydrogen-bond donors (Lipinski definition) is 3. The Morgan fingerprint density at radius 3 is 2.48 bits per heavy atom. The number of benzene rings is 1. The van der Waals surface area contributed by atoms with Crippen molar-refractivity contribution >= 4 is 15.9 Å². The van der Waals surface area contributed by atoms with E-state index in [1.54, 1.807) is 13.8 Å². The molecule has 0 fully saturated rings. The molecule has 0 aliphatic heterocycles. The Hall–Kier alpha value is -2.52. The van der Waals surface area contributed by atoms with Gasteiger partial charge in [-0.15, -0.1) is 0 Å². The standard InChI is InChI=1S/C18H22FN3O4S/c1-12-10-13(2)22-18(24)16(12)11-20-17(23)4-3-9-21-27(25,26)15-7-5-14(19)6-8-15/h5-8,10,21H,3-4,9,11H2,1-2H3,(H,20,23)(H,22,24). The molecule has 0 spiro atoms. The topological polar surface area (TPSA) is 108 Å². The molecule has 0 atom stereocenters. The van der Waals surface area contributed by atoms with Crippen LogP contribution in [-0.4, -0.2) is 25.9 Å². The quantitative estimate of drug-likeness (QED) is 0.589. The van der Waals surface area contributed by atoms with Crippen LogP contribution in [-0.2, 0) is 21.4 Å². The van der Waals surface area contributed by atoms with Gasteiger partial charge in [0.1, 0.15) is 5.82 Å². The zero-order valence-corrected chi connectivity index (χ0v) is 16.0. The summed E-state index contributed by atoms with van der Waals surface area (Å²) in [6, 6.07) is 6.30. The molecule has 27 heavy (non-hydrogen) atoms. The van der Waals surface area contributed by atoms with Crippen molar-refractivity contribution in [3.05, 3.63) is 63.3 Å². The lowest BCUT2D eigenvalue weighted by molar-refractivity contribution is -0.121. The number of hydrogen-bond acceptors (Lipinski definition) is 4. The number of aryl methyl sites for hydroxylation is 2. The van der Waals surface area contributed by atoms with Crippen LogP contribution in [0.15, 0.2) is 40.0 Å². The second kappa shape index (κ2) is 8.92. The molecule has 7 nitrogen and oxygen atoms in total. The number of pyridine rings is 1. The van der Waals surface area contributed by atoms with Crippen molar-refractivity contribution in [2.45, 2.75) is 38.1 Å². The second-order valence-corrected chi connectivity index (χ2v) is 7.94. The number of aromatic nitrogens is 1. The van der Waals surface area contributed by atoms with Gasteiger partial charge in [0.05, 0.1) is 4.90 Å². The lowest BCUT2D eigenvalue weighted by atomic mass is 10.1. The molecular weight excluding hydrogens is 373 g/mol. The molecule has 0 radical (unpaired) electrons.